The van der Waals surface area contributed by atoms with Crippen LogP contribution in [-0.2, 0) is 11.4 Å². The van der Waals surface area contributed by atoms with Crippen molar-refractivity contribution in [2.24, 2.45) is 0 Å². The summed E-state index contributed by atoms with van der Waals surface area (Å²) in [5.41, 5.74) is 2.71. The van der Waals surface area contributed by atoms with E-state index in [2.05, 4.69) is 29.6 Å². The predicted molar refractivity (Wildman–Crippen MR) is 142 cm³/mol. The third kappa shape index (κ3) is 6.11. The van der Waals surface area contributed by atoms with Crippen molar-refractivity contribution in [1.29, 1.82) is 5.26 Å². The van der Waals surface area contributed by atoms with Crippen molar-refractivity contribution in [3.05, 3.63) is 113 Å². The lowest BCUT2D eigenvalue weighted by Crippen LogP contribution is -2.27. The van der Waals surface area contributed by atoms with Crippen LogP contribution in [0.4, 0.5) is 0 Å². The van der Waals surface area contributed by atoms with Crippen LogP contribution < -0.4 is 14.8 Å². The van der Waals surface area contributed by atoms with Crippen molar-refractivity contribution in [2.45, 2.75) is 26.5 Å². The van der Waals surface area contributed by atoms with E-state index >= 15 is 0 Å². The Bertz CT molecular complexity index is 1420. The van der Waals surface area contributed by atoms with Gasteiger partial charge in [-0.25, -0.2) is 0 Å². The number of hydrogen-bond donors (Lipinski definition) is 1. The lowest BCUT2D eigenvalue weighted by atomic mass is 10.1. The minimum atomic E-state index is -0.427. The van der Waals surface area contributed by atoms with E-state index in [0.29, 0.717) is 30.3 Å². The van der Waals surface area contributed by atoms with E-state index in [1.165, 1.54) is 5.39 Å². The maximum Gasteiger partial charge on any atom is 0.262 e. The van der Waals surface area contributed by atoms with Crippen LogP contribution >= 0.6 is 0 Å². The van der Waals surface area contributed by atoms with E-state index in [1.54, 1.807) is 18.2 Å². The number of carbonyl (C=O) groups is 1. The van der Waals surface area contributed by atoms with Gasteiger partial charge < -0.3 is 14.8 Å². The third-order valence-corrected chi connectivity index (χ3v) is 5.80. The van der Waals surface area contributed by atoms with Gasteiger partial charge in [0.25, 0.3) is 5.91 Å². The highest BCUT2D eigenvalue weighted by molar-refractivity contribution is 6.01. The molecule has 5 nitrogen and oxygen atoms in total. The van der Waals surface area contributed by atoms with Crippen molar-refractivity contribution in [2.75, 3.05) is 6.61 Å². The molecule has 4 aromatic rings. The number of rotatable bonds is 9. The molecule has 0 saturated heterocycles. The lowest BCUT2D eigenvalue weighted by molar-refractivity contribution is -0.117. The number of nitriles is 1. The first-order valence-corrected chi connectivity index (χ1v) is 11.9. The first kappa shape index (κ1) is 24.6. The van der Waals surface area contributed by atoms with E-state index in [9.17, 15) is 10.1 Å². The van der Waals surface area contributed by atoms with Gasteiger partial charge in [-0.05, 0) is 65.6 Å². The van der Waals surface area contributed by atoms with Gasteiger partial charge in [0.2, 0.25) is 0 Å². The Morgan fingerprint density at radius 2 is 1.67 bits per heavy atom. The average molecular weight is 477 g/mol. The molecular weight excluding hydrogens is 448 g/mol. The van der Waals surface area contributed by atoms with Gasteiger partial charge in [0.05, 0.1) is 12.6 Å². The third-order valence-electron chi connectivity index (χ3n) is 5.80. The van der Waals surface area contributed by atoms with E-state index in [4.69, 9.17) is 9.47 Å². The molecule has 1 atom stereocenters. The van der Waals surface area contributed by atoms with Crippen LogP contribution in [0.2, 0.25) is 0 Å². The van der Waals surface area contributed by atoms with E-state index in [1.807, 2.05) is 74.5 Å². The molecule has 0 aliphatic heterocycles. The van der Waals surface area contributed by atoms with E-state index in [-0.39, 0.29) is 11.6 Å². The molecule has 0 aliphatic rings. The van der Waals surface area contributed by atoms with Gasteiger partial charge in [0.1, 0.15) is 18.2 Å². The molecule has 0 bridgehead atoms. The Morgan fingerprint density at radius 3 is 2.42 bits per heavy atom. The van der Waals surface area contributed by atoms with Crippen molar-refractivity contribution in [1.82, 2.24) is 5.32 Å². The highest BCUT2D eigenvalue weighted by Crippen LogP contribution is 2.30. The number of carbonyl (C=O) groups excluding carboxylic acids is 1. The number of hydrogen-bond acceptors (Lipinski definition) is 4. The van der Waals surface area contributed by atoms with Crippen LogP contribution in [0.5, 0.6) is 11.5 Å². The Hall–Kier alpha value is -4.56. The summed E-state index contributed by atoms with van der Waals surface area (Å²) in [5.74, 6) is 0.730. The highest BCUT2D eigenvalue weighted by atomic mass is 16.5. The Morgan fingerprint density at radius 1 is 0.917 bits per heavy atom. The summed E-state index contributed by atoms with van der Waals surface area (Å²) in [6.45, 7) is 4.63. The Kier molecular flexibility index (Phi) is 8.00. The summed E-state index contributed by atoms with van der Waals surface area (Å²) in [7, 11) is 0. The van der Waals surface area contributed by atoms with Crippen LogP contribution in [0.3, 0.4) is 0 Å². The molecule has 4 aromatic carbocycles. The number of benzene rings is 4. The first-order chi connectivity index (χ1) is 17.6. The molecule has 1 amide bonds. The minimum absolute atomic E-state index is 0.0186. The summed E-state index contributed by atoms with van der Waals surface area (Å²) in [6.07, 6.45) is 1.56. The monoisotopic (exact) mass is 476 g/mol. The molecular formula is C31H28N2O3. The summed E-state index contributed by atoms with van der Waals surface area (Å²) < 4.78 is 11.9. The van der Waals surface area contributed by atoms with Gasteiger partial charge in [-0.2, -0.15) is 5.26 Å². The van der Waals surface area contributed by atoms with Crippen molar-refractivity contribution >= 4 is 22.8 Å². The van der Waals surface area contributed by atoms with Crippen LogP contribution in [0.25, 0.3) is 16.8 Å². The van der Waals surface area contributed by atoms with Crippen molar-refractivity contribution in [3.8, 4) is 17.6 Å². The van der Waals surface area contributed by atoms with Gasteiger partial charge in [-0.3, -0.25) is 4.79 Å². The highest BCUT2D eigenvalue weighted by Gasteiger charge is 2.14. The molecule has 5 heteroatoms. The number of amides is 1. The zero-order valence-electron chi connectivity index (χ0n) is 20.4. The second-order valence-corrected chi connectivity index (χ2v) is 8.39. The van der Waals surface area contributed by atoms with Gasteiger partial charge >= 0.3 is 0 Å². The molecule has 36 heavy (non-hydrogen) atoms. The fourth-order valence-electron chi connectivity index (χ4n) is 3.91. The summed E-state index contributed by atoms with van der Waals surface area (Å²) in [4.78, 5) is 12.7. The molecule has 0 aliphatic carbocycles. The van der Waals surface area contributed by atoms with E-state index < -0.39 is 5.91 Å². The number of nitrogens with one attached hydrogen (secondary N) is 1. The SMILES string of the molecule is CCOc1cc(/C=C(/C#N)C(=O)N[C@H](C)c2ccccc2)ccc1OCc1ccc2ccccc2c1. The molecule has 1 N–H and O–H groups in total. The summed E-state index contributed by atoms with van der Waals surface area (Å²) >= 11 is 0. The molecule has 0 aromatic heterocycles. The van der Waals surface area contributed by atoms with Crippen LogP contribution in [0.1, 0.15) is 36.6 Å². The first-order valence-electron chi connectivity index (χ1n) is 11.9. The molecule has 0 saturated carbocycles. The molecule has 4 rings (SSSR count). The Balaban J connectivity index is 1.49. The number of fused-ring (bicyclic) bond motifs is 1. The number of nitrogens with zero attached hydrogens (tertiary/aromatic N) is 1. The fraction of sp³-hybridized carbons (Fsp3) is 0.161. The zero-order chi connectivity index (χ0) is 25.3. The zero-order valence-corrected chi connectivity index (χ0v) is 20.4. The lowest BCUT2D eigenvalue weighted by Gasteiger charge is -2.14. The average Bonchev–Trinajstić information content (AvgIpc) is 2.91. The van der Waals surface area contributed by atoms with Crippen LogP contribution in [0.15, 0.2) is 96.6 Å². The fourth-order valence-corrected chi connectivity index (χ4v) is 3.91. The van der Waals surface area contributed by atoms with Gasteiger partial charge in [-0.15, -0.1) is 0 Å². The van der Waals surface area contributed by atoms with E-state index in [0.717, 1.165) is 16.5 Å². The maximum absolute atomic E-state index is 12.7. The van der Waals surface area contributed by atoms with Crippen molar-refractivity contribution in [3.63, 3.8) is 0 Å². The maximum atomic E-state index is 12.7. The molecule has 0 radical (unpaired) electrons. The van der Waals surface area contributed by atoms with Crippen molar-refractivity contribution < 1.29 is 14.3 Å². The van der Waals surface area contributed by atoms with Gasteiger partial charge in [-0.1, -0.05) is 72.8 Å². The van der Waals surface area contributed by atoms with Crippen LogP contribution in [-0.4, -0.2) is 12.5 Å². The normalized spacial score (nSPS) is 12.0. The van der Waals surface area contributed by atoms with Gasteiger partial charge in [0.15, 0.2) is 11.5 Å². The molecule has 0 fully saturated rings. The van der Waals surface area contributed by atoms with Gasteiger partial charge in [0, 0.05) is 0 Å². The van der Waals surface area contributed by atoms with Crippen LogP contribution in [0, 0.1) is 11.3 Å². The standard InChI is InChI=1S/C31H28N2O3/c1-3-35-30-19-23(17-28(20-32)31(34)33-22(2)25-9-5-4-6-10-25)14-16-29(30)36-21-24-13-15-26-11-7-8-12-27(26)18-24/h4-19,22H,3,21H2,1-2H3,(H,33,34)/b28-17-/t22-/m1/s1. The molecule has 180 valence electrons. The smallest absolute Gasteiger partial charge is 0.262 e. The summed E-state index contributed by atoms with van der Waals surface area (Å²) in [5, 5.41) is 14.8. The molecule has 0 spiro atoms. The topological polar surface area (TPSA) is 71.3 Å². The minimum Gasteiger partial charge on any atom is -0.490 e. The predicted octanol–water partition coefficient (Wildman–Crippen LogP) is 6.60. The largest absolute Gasteiger partial charge is 0.490 e. The summed E-state index contributed by atoms with van der Waals surface area (Å²) in [6, 6.07) is 31.2. The molecule has 0 unspecified atom stereocenters. The quantitative estimate of drug-likeness (QED) is 0.218. The Labute approximate surface area is 211 Å². The molecule has 0 heterocycles. The second kappa shape index (κ2) is 11.7. The number of ether oxygens (including phenoxy) is 2. The second-order valence-electron chi connectivity index (χ2n) is 8.39.